The molecule has 0 aliphatic carbocycles. The molecule has 1 aromatic rings. The van der Waals surface area contributed by atoms with Gasteiger partial charge in [-0.15, -0.1) is 0 Å². The zero-order valence-electron chi connectivity index (χ0n) is 9.65. The fourth-order valence-electron chi connectivity index (χ4n) is 1.77. The van der Waals surface area contributed by atoms with E-state index in [0.717, 1.165) is 32.6 Å². The summed E-state index contributed by atoms with van der Waals surface area (Å²) in [6.07, 6.45) is 2.33. The van der Waals surface area contributed by atoms with Crippen LogP contribution in [0.1, 0.15) is 18.9 Å². The highest BCUT2D eigenvalue weighted by molar-refractivity contribution is 5.14. The predicted octanol–water partition coefficient (Wildman–Crippen LogP) is 1.90. The largest absolute Gasteiger partial charge is 0.329 e. The van der Waals surface area contributed by atoms with E-state index >= 15 is 0 Å². The average molecular weight is 206 g/mol. The summed E-state index contributed by atoms with van der Waals surface area (Å²) < 4.78 is 0. The van der Waals surface area contributed by atoms with Crippen LogP contribution in [0.5, 0.6) is 0 Å². The van der Waals surface area contributed by atoms with Crippen molar-refractivity contribution in [1.82, 2.24) is 4.90 Å². The summed E-state index contributed by atoms with van der Waals surface area (Å²) in [5.41, 5.74) is 7.00. The van der Waals surface area contributed by atoms with E-state index in [-0.39, 0.29) is 0 Å². The van der Waals surface area contributed by atoms with E-state index in [4.69, 9.17) is 5.73 Å². The molecular formula is C13H22N2. The molecule has 0 aromatic heterocycles. The molecule has 15 heavy (non-hydrogen) atoms. The van der Waals surface area contributed by atoms with Gasteiger partial charge in [0, 0.05) is 19.6 Å². The van der Waals surface area contributed by atoms with Gasteiger partial charge in [0.2, 0.25) is 0 Å². The Balaban J connectivity index is 2.33. The van der Waals surface area contributed by atoms with Crippen molar-refractivity contribution in [3.05, 3.63) is 35.9 Å². The number of nitrogens with zero attached hydrogens (tertiary/aromatic N) is 1. The Morgan fingerprint density at radius 1 is 1.07 bits per heavy atom. The summed E-state index contributed by atoms with van der Waals surface area (Å²) >= 11 is 0. The molecule has 0 saturated heterocycles. The van der Waals surface area contributed by atoms with E-state index < -0.39 is 0 Å². The predicted molar refractivity (Wildman–Crippen MR) is 65.9 cm³/mol. The van der Waals surface area contributed by atoms with E-state index in [2.05, 4.69) is 42.2 Å². The third-order valence-electron chi connectivity index (χ3n) is 2.54. The van der Waals surface area contributed by atoms with Crippen molar-refractivity contribution in [2.75, 3.05) is 26.2 Å². The molecule has 0 fully saturated rings. The molecule has 2 N–H and O–H groups in total. The van der Waals surface area contributed by atoms with Crippen molar-refractivity contribution in [2.45, 2.75) is 19.8 Å². The first-order valence-corrected chi connectivity index (χ1v) is 5.83. The highest BCUT2D eigenvalue weighted by Crippen LogP contribution is 2.01. The molecular weight excluding hydrogens is 184 g/mol. The van der Waals surface area contributed by atoms with Gasteiger partial charge >= 0.3 is 0 Å². The van der Waals surface area contributed by atoms with E-state index in [1.807, 2.05) is 0 Å². The molecule has 0 aliphatic rings. The van der Waals surface area contributed by atoms with Gasteiger partial charge in [-0.1, -0.05) is 37.3 Å². The van der Waals surface area contributed by atoms with Crippen molar-refractivity contribution < 1.29 is 0 Å². The average Bonchev–Trinajstić information content (AvgIpc) is 2.28. The molecule has 0 unspecified atom stereocenters. The lowest BCUT2D eigenvalue weighted by Crippen LogP contribution is -2.32. The Morgan fingerprint density at radius 2 is 1.80 bits per heavy atom. The lowest BCUT2D eigenvalue weighted by Gasteiger charge is -2.20. The summed E-state index contributed by atoms with van der Waals surface area (Å²) in [6.45, 7) is 6.26. The van der Waals surface area contributed by atoms with Crippen LogP contribution in [0.2, 0.25) is 0 Å². The molecule has 0 aliphatic heterocycles. The second kappa shape index (κ2) is 7.43. The molecule has 2 nitrogen and oxygen atoms in total. The minimum atomic E-state index is 0.759. The summed E-state index contributed by atoms with van der Waals surface area (Å²) in [4.78, 5) is 2.44. The number of nitrogens with two attached hydrogens (primary N) is 1. The summed E-state index contributed by atoms with van der Waals surface area (Å²) in [5, 5.41) is 0. The van der Waals surface area contributed by atoms with Gasteiger partial charge in [0.15, 0.2) is 0 Å². The maximum atomic E-state index is 5.59. The van der Waals surface area contributed by atoms with Gasteiger partial charge in [0.1, 0.15) is 0 Å². The third kappa shape index (κ3) is 4.96. The van der Waals surface area contributed by atoms with Gasteiger partial charge in [-0.05, 0) is 24.9 Å². The number of hydrogen-bond donors (Lipinski definition) is 1. The highest BCUT2D eigenvalue weighted by atomic mass is 15.1. The van der Waals surface area contributed by atoms with E-state index in [9.17, 15) is 0 Å². The van der Waals surface area contributed by atoms with Crippen LogP contribution in [0, 0.1) is 0 Å². The molecule has 0 amide bonds. The van der Waals surface area contributed by atoms with Crippen molar-refractivity contribution in [1.29, 1.82) is 0 Å². The quantitative estimate of drug-likeness (QED) is 0.738. The van der Waals surface area contributed by atoms with Crippen molar-refractivity contribution >= 4 is 0 Å². The standard InChI is InChI=1S/C13H22N2/c1-2-10-15(12-9-14)11-8-13-6-4-3-5-7-13/h3-7H,2,8-12,14H2,1H3. The minimum Gasteiger partial charge on any atom is -0.329 e. The first-order chi connectivity index (χ1) is 7.36. The maximum Gasteiger partial charge on any atom is 0.0105 e. The van der Waals surface area contributed by atoms with Gasteiger partial charge in [0.25, 0.3) is 0 Å². The molecule has 2 heteroatoms. The molecule has 1 rings (SSSR count). The minimum absolute atomic E-state index is 0.759. The fourth-order valence-corrected chi connectivity index (χ4v) is 1.77. The van der Waals surface area contributed by atoms with Crippen LogP contribution in [0.25, 0.3) is 0 Å². The summed E-state index contributed by atoms with van der Waals surface area (Å²) in [7, 11) is 0. The highest BCUT2D eigenvalue weighted by Gasteiger charge is 2.02. The van der Waals surface area contributed by atoms with Crippen LogP contribution in [-0.4, -0.2) is 31.1 Å². The van der Waals surface area contributed by atoms with Crippen molar-refractivity contribution in [2.24, 2.45) is 5.73 Å². The van der Waals surface area contributed by atoms with Gasteiger partial charge in [-0.3, -0.25) is 0 Å². The summed E-state index contributed by atoms with van der Waals surface area (Å²) in [6, 6.07) is 10.6. The first kappa shape index (κ1) is 12.2. The lowest BCUT2D eigenvalue weighted by molar-refractivity contribution is 0.285. The van der Waals surface area contributed by atoms with Gasteiger partial charge in [-0.2, -0.15) is 0 Å². The van der Waals surface area contributed by atoms with Crippen LogP contribution in [0.15, 0.2) is 30.3 Å². The Bertz CT molecular complexity index is 240. The molecule has 0 bridgehead atoms. The van der Waals surface area contributed by atoms with Gasteiger partial charge < -0.3 is 10.6 Å². The topological polar surface area (TPSA) is 29.3 Å². The van der Waals surface area contributed by atoms with Crippen molar-refractivity contribution in [3.63, 3.8) is 0 Å². The molecule has 1 aromatic carbocycles. The second-order valence-corrected chi connectivity index (χ2v) is 3.87. The van der Waals surface area contributed by atoms with E-state index in [1.165, 1.54) is 12.0 Å². The van der Waals surface area contributed by atoms with Gasteiger partial charge in [0.05, 0.1) is 0 Å². The molecule has 0 heterocycles. The lowest BCUT2D eigenvalue weighted by atomic mass is 10.1. The monoisotopic (exact) mass is 206 g/mol. The van der Waals surface area contributed by atoms with E-state index in [1.54, 1.807) is 0 Å². The Morgan fingerprint density at radius 3 is 2.40 bits per heavy atom. The number of hydrogen-bond acceptors (Lipinski definition) is 2. The third-order valence-corrected chi connectivity index (χ3v) is 2.54. The molecule has 0 spiro atoms. The van der Waals surface area contributed by atoms with Crippen LogP contribution >= 0.6 is 0 Å². The second-order valence-electron chi connectivity index (χ2n) is 3.87. The van der Waals surface area contributed by atoms with Crippen LogP contribution in [-0.2, 0) is 6.42 Å². The Hall–Kier alpha value is -0.860. The zero-order chi connectivity index (χ0) is 10.9. The van der Waals surface area contributed by atoms with E-state index in [0.29, 0.717) is 0 Å². The van der Waals surface area contributed by atoms with Gasteiger partial charge in [-0.25, -0.2) is 0 Å². The first-order valence-electron chi connectivity index (χ1n) is 5.83. The smallest absolute Gasteiger partial charge is 0.0105 e. The molecule has 0 atom stereocenters. The fraction of sp³-hybridized carbons (Fsp3) is 0.538. The molecule has 0 radical (unpaired) electrons. The van der Waals surface area contributed by atoms with Crippen LogP contribution in [0.3, 0.4) is 0 Å². The number of benzene rings is 1. The zero-order valence-corrected chi connectivity index (χ0v) is 9.65. The van der Waals surface area contributed by atoms with Crippen LogP contribution < -0.4 is 5.73 Å². The van der Waals surface area contributed by atoms with Crippen LogP contribution in [0.4, 0.5) is 0 Å². The van der Waals surface area contributed by atoms with Crippen molar-refractivity contribution in [3.8, 4) is 0 Å². The maximum absolute atomic E-state index is 5.59. The number of rotatable bonds is 7. The summed E-state index contributed by atoms with van der Waals surface area (Å²) in [5.74, 6) is 0. The normalized spacial score (nSPS) is 10.9. The Labute approximate surface area is 93.1 Å². The molecule has 84 valence electrons. The Kier molecular flexibility index (Phi) is 6.05. The SMILES string of the molecule is CCCN(CCN)CCc1ccccc1. The molecule has 0 saturated carbocycles.